The predicted molar refractivity (Wildman–Crippen MR) is 41.2 cm³/mol. The molecular weight excluding hydrogens is 158 g/mol. The fourth-order valence-corrected chi connectivity index (χ4v) is 1.23. The highest BCUT2D eigenvalue weighted by Crippen LogP contribution is 2.11. The first-order valence-electron chi connectivity index (χ1n) is 3.66. The highest BCUT2D eigenvalue weighted by molar-refractivity contribution is 6.28. The molecule has 2 heterocycles. The minimum absolute atomic E-state index is 0.0676. The number of carbonyl (C=O) groups excluding carboxylic acids is 2. The van der Waals surface area contributed by atoms with Crippen molar-refractivity contribution >= 4 is 17.3 Å². The Hall–Kier alpha value is -1.29. The first kappa shape index (κ1) is 7.36. The van der Waals surface area contributed by atoms with E-state index >= 15 is 0 Å². The van der Waals surface area contributed by atoms with Crippen molar-refractivity contribution < 1.29 is 14.3 Å². The van der Waals surface area contributed by atoms with Gasteiger partial charge in [-0.05, 0) is 6.08 Å². The van der Waals surface area contributed by atoms with Crippen LogP contribution in [-0.4, -0.2) is 37.0 Å². The molecule has 0 aliphatic carbocycles. The molecule has 0 amide bonds. The van der Waals surface area contributed by atoms with Crippen LogP contribution in [0.4, 0.5) is 0 Å². The van der Waals surface area contributed by atoms with Gasteiger partial charge in [0.05, 0.1) is 12.3 Å². The Balaban J connectivity index is 2.37. The molecule has 2 aliphatic rings. The number of dihydropyridines is 1. The van der Waals surface area contributed by atoms with E-state index in [1.54, 1.807) is 0 Å². The van der Waals surface area contributed by atoms with Crippen LogP contribution in [-0.2, 0) is 14.3 Å². The average molecular weight is 165 g/mol. The minimum atomic E-state index is -0.145. The lowest BCUT2D eigenvalue weighted by molar-refractivity contribution is -0.120. The smallest absolute Gasteiger partial charge is 0.190 e. The SMILES string of the molecule is O=C1C=C2C(=O)COCC2=NC1. The molecule has 0 aromatic rings. The summed E-state index contributed by atoms with van der Waals surface area (Å²) in [5.41, 5.74) is 1.06. The normalized spacial score (nSPS) is 23.0. The summed E-state index contributed by atoms with van der Waals surface area (Å²) in [5, 5.41) is 0. The van der Waals surface area contributed by atoms with E-state index in [2.05, 4.69) is 4.99 Å². The molecule has 4 nitrogen and oxygen atoms in total. The molecule has 0 spiro atoms. The topological polar surface area (TPSA) is 55.7 Å². The van der Waals surface area contributed by atoms with Crippen LogP contribution in [0.2, 0.25) is 0 Å². The lowest BCUT2D eigenvalue weighted by Gasteiger charge is -2.18. The Morgan fingerprint density at radius 1 is 1.33 bits per heavy atom. The van der Waals surface area contributed by atoms with E-state index < -0.39 is 0 Å². The summed E-state index contributed by atoms with van der Waals surface area (Å²) >= 11 is 0. The number of hydrogen-bond donors (Lipinski definition) is 0. The quantitative estimate of drug-likeness (QED) is 0.488. The molecule has 2 rings (SSSR count). The molecule has 0 unspecified atom stereocenters. The highest BCUT2D eigenvalue weighted by Gasteiger charge is 2.25. The summed E-state index contributed by atoms with van der Waals surface area (Å²) in [7, 11) is 0. The van der Waals surface area contributed by atoms with Gasteiger partial charge >= 0.3 is 0 Å². The Morgan fingerprint density at radius 2 is 2.17 bits per heavy atom. The van der Waals surface area contributed by atoms with Gasteiger partial charge in [0.1, 0.15) is 13.2 Å². The molecule has 12 heavy (non-hydrogen) atoms. The number of ether oxygens (including phenoxy) is 1. The number of aliphatic imine (C=N–C) groups is 1. The molecule has 62 valence electrons. The number of fused-ring (bicyclic) bond motifs is 1. The molecule has 0 radical (unpaired) electrons. The van der Waals surface area contributed by atoms with Gasteiger partial charge in [0.15, 0.2) is 11.6 Å². The number of rotatable bonds is 0. The van der Waals surface area contributed by atoms with E-state index in [1.807, 2.05) is 0 Å². The lowest BCUT2D eigenvalue weighted by atomic mass is 10.0. The lowest BCUT2D eigenvalue weighted by Crippen LogP contribution is -2.32. The summed E-state index contributed by atoms with van der Waals surface area (Å²) < 4.78 is 4.95. The van der Waals surface area contributed by atoms with Crippen molar-refractivity contribution in [3.63, 3.8) is 0 Å². The zero-order chi connectivity index (χ0) is 8.55. The van der Waals surface area contributed by atoms with E-state index in [0.29, 0.717) is 17.9 Å². The standard InChI is InChI=1S/C8H7NO3/c10-5-1-6-7(9-2-5)3-12-4-8(6)11/h1H,2-4H2. The van der Waals surface area contributed by atoms with Crippen LogP contribution >= 0.6 is 0 Å². The van der Waals surface area contributed by atoms with Gasteiger partial charge in [-0.3, -0.25) is 14.6 Å². The second-order valence-electron chi connectivity index (χ2n) is 2.70. The molecule has 0 bridgehead atoms. The van der Waals surface area contributed by atoms with Crippen molar-refractivity contribution in [2.45, 2.75) is 0 Å². The third kappa shape index (κ3) is 1.10. The highest BCUT2D eigenvalue weighted by atomic mass is 16.5. The molecule has 1 fully saturated rings. The van der Waals surface area contributed by atoms with Crippen molar-refractivity contribution in [1.29, 1.82) is 0 Å². The summed E-state index contributed by atoms with van der Waals surface area (Å²) in [6.45, 7) is 0.568. The second-order valence-corrected chi connectivity index (χ2v) is 2.70. The van der Waals surface area contributed by atoms with Crippen molar-refractivity contribution in [2.24, 2.45) is 4.99 Å². The molecule has 1 saturated heterocycles. The van der Waals surface area contributed by atoms with Gasteiger partial charge in [-0.1, -0.05) is 0 Å². The number of carbonyl (C=O) groups is 2. The van der Waals surface area contributed by atoms with Gasteiger partial charge in [-0.2, -0.15) is 0 Å². The second kappa shape index (κ2) is 2.64. The monoisotopic (exact) mass is 165 g/mol. The Bertz CT molecular complexity index is 314. The number of ketones is 2. The molecule has 0 aromatic carbocycles. The van der Waals surface area contributed by atoms with Gasteiger partial charge in [-0.25, -0.2) is 0 Å². The van der Waals surface area contributed by atoms with Crippen molar-refractivity contribution in [3.8, 4) is 0 Å². The maximum atomic E-state index is 11.1. The number of hydrogen-bond acceptors (Lipinski definition) is 4. The van der Waals surface area contributed by atoms with Gasteiger partial charge in [0, 0.05) is 5.57 Å². The van der Waals surface area contributed by atoms with Gasteiger partial charge in [-0.15, -0.1) is 0 Å². The van der Waals surface area contributed by atoms with Crippen LogP contribution in [0.3, 0.4) is 0 Å². The van der Waals surface area contributed by atoms with Crippen LogP contribution < -0.4 is 0 Å². The zero-order valence-corrected chi connectivity index (χ0v) is 6.37. The zero-order valence-electron chi connectivity index (χ0n) is 6.37. The summed E-state index contributed by atoms with van der Waals surface area (Å²) in [5.74, 6) is -0.253. The Kier molecular flexibility index (Phi) is 1.62. The van der Waals surface area contributed by atoms with E-state index in [9.17, 15) is 9.59 Å². The van der Waals surface area contributed by atoms with Crippen LogP contribution in [0.5, 0.6) is 0 Å². The molecule has 0 aromatic heterocycles. The van der Waals surface area contributed by atoms with Gasteiger partial charge in [0.2, 0.25) is 0 Å². The van der Waals surface area contributed by atoms with Crippen LogP contribution in [0.15, 0.2) is 16.6 Å². The number of Topliss-reactive ketones (excluding diaryl/α,β-unsaturated/α-hetero) is 1. The van der Waals surface area contributed by atoms with E-state index in [-0.39, 0.29) is 24.7 Å². The van der Waals surface area contributed by atoms with E-state index in [1.165, 1.54) is 6.08 Å². The van der Waals surface area contributed by atoms with Crippen molar-refractivity contribution in [2.75, 3.05) is 19.8 Å². The fourth-order valence-electron chi connectivity index (χ4n) is 1.23. The van der Waals surface area contributed by atoms with Crippen LogP contribution in [0, 0.1) is 0 Å². The van der Waals surface area contributed by atoms with E-state index in [0.717, 1.165) is 0 Å². The first-order chi connectivity index (χ1) is 5.77. The van der Waals surface area contributed by atoms with Gasteiger partial charge < -0.3 is 4.74 Å². The molecule has 2 aliphatic heterocycles. The van der Waals surface area contributed by atoms with Crippen molar-refractivity contribution in [3.05, 3.63) is 11.6 Å². The van der Waals surface area contributed by atoms with Crippen molar-refractivity contribution in [1.82, 2.24) is 0 Å². The molecular formula is C8H7NO3. The maximum absolute atomic E-state index is 11.1. The first-order valence-corrected chi connectivity index (χ1v) is 3.66. The average Bonchev–Trinajstić information content (AvgIpc) is 2.07. The maximum Gasteiger partial charge on any atom is 0.190 e. The third-order valence-corrected chi connectivity index (χ3v) is 1.81. The summed E-state index contributed by atoms with van der Waals surface area (Å²) in [4.78, 5) is 26.0. The molecule has 0 N–H and O–H groups in total. The Labute approximate surface area is 68.9 Å². The van der Waals surface area contributed by atoms with Crippen LogP contribution in [0.1, 0.15) is 0 Å². The predicted octanol–water partition coefficient (Wildman–Crippen LogP) is -0.464. The largest absolute Gasteiger partial charge is 0.367 e. The summed E-state index contributed by atoms with van der Waals surface area (Å²) in [6.07, 6.45) is 1.37. The van der Waals surface area contributed by atoms with Gasteiger partial charge in [0.25, 0.3) is 0 Å². The van der Waals surface area contributed by atoms with E-state index in [4.69, 9.17) is 4.74 Å². The molecule has 0 saturated carbocycles. The molecule has 0 atom stereocenters. The number of nitrogens with zero attached hydrogens (tertiary/aromatic N) is 1. The van der Waals surface area contributed by atoms with Crippen LogP contribution in [0.25, 0.3) is 0 Å². The summed E-state index contributed by atoms with van der Waals surface area (Å²) in [6, 6.07) is 0. The minimum Gasteiger partial charge on any atom is -0.367 e. The molecule has 4 heteroatoms. The fraction of sp³-hybridized carbons (Fsp3) is 0.375. The third-order valence-electron chi connectivity index (χ3n) is 1.81. The Morgan fingerprint density at radius 3 is 3.00 bits per heavy atom.